The predicted molar refractivity (Wildman–Crippen MR) is 94.8 cm³/mol. The number of nitro benzene ring substituents is 1. The van der Waals surface area contributed by atoms with Crippen LogP contribution in [0, 0.1) is 10.1 Å². The van der Waals surface area contributed by atoms with E-state index in [2.05, 4.69) is 10.1 Å². The van der Waals surface area contributed by atoms with Gasteiger partial charge in [0.25, 0.3) is 5.91 Å². The number of ether oxygens (including phenoxy) is 3. The SMILES string of the molecule is COC(=O)c1ccc(OCC(=O)NCc2cccc(OC)c2)c([N+](=O)[O-])c1. The van der Waals surface area contributed by atoms with Gasteiger partial charge in [-0.15, -0.1) is 0 Å². The maximum atomic E-state index is 11.9. The Morgan fingerprint density at radius 2 is 1.93 bits per heavy atom. The van der Waals surface area contributed by atoms with Crippen molar-refractivity contribution >= 4 is 17.6 Å². The summed E-state index contributed by atoms with van der Waals surface area (Å²) in [5.74, 6) is -0.617. The highest BCUT2D eigenvalue weighted by Crippen LogP contribution is 2.28. The largest absolute Gasteiger partial charge is 0.497 e. The number of carbonyl (C=O) groups excluding carboxylic acids is 2. The summed E-state index contributed by atoms with van der Waals surface area (Å²) >= 11 is 0. The lowest BCUT2D eigenvalue weighted by molar-refractivity contribution is -0.385. The van der Waals surface area contributed by atoms with Crippen molar-refractivity contribution in [3.8, 4) is 11.5 Å². The summed E-state index contributed by atoms with van der Waals surface area (Å²) in [5.41, 5.74) is 0.411. The molecule has 0 bridgehead atoms. The summed E-state index contributed by atoms with van der Waals surface area (Å²) in [5, 5.41) is 13.8. The van der Waals surface area contributed by atoms with E-state index in [1.54, 1.807) is 25.3 Å². The number of benzene rings is 2. The Hall–Kier alpha value is -3.62. The summed E-state index contributed by atoms with van der Waals surface area (Å²) in [4.78, 5) is 33.9. The quantitative estimate of drug-likeness (QED) is 0.427. The van der Waals surface area contributed by atoms with E-state index in [4.69, 9.17) is 9.47 Å². The Balaban J connectivity index is 1.97. The molecule has 0 fully saturated rings. The van der Waals surface area contributed by atoms with Crippen LogP contribution in [0.5, 0.6) is 11.5 Å². The summed E-state index contributed by atoms with van der Waals surface area (Å²) in [6, 6.07) is 10.8. The summed E-state index contributed by atoms with van der Waals surface area (Å²) in [7, 11) is 2.72. The molecule has 9 heteroatoms. The van der Waals surface area contributed by atoms with Gasteiger partial charge in [0.15, 0.2) is 12.4 Å². The van der Waals surface area contributed by atoms with E-state index in [9.17, 15) is 19.7 Å². The van der Waals surface area contributed by atoms with E-state index in [-0.39, 0.29) is 17.9 Å². The Morgan fingerprint density at radius 3 is 2.59 bits per heavy atom. The minimum Gasteiger partial charge on any atom is -0.497 e. The zero-order chi connectivity index (χ0) is 19.8. The maximum absolute atomic E-state index is 11.9. The molecule has 0 atom stereocenters. The van der Waals surface area contributed by atoms with Gasteiger partial charge in [0.1, 0.15) is 5.75 Å². The van der Waals surface area contributed by atoms with Gasteiger partial charge in [-0.2, -0.15) is 0 Å². The number of hydrogen-bond acceptors (Lipinski definition) is 7. The molecule has 0 aliphatic carbocycles. The van der Waals surface area contributed by atoms with Gasteiger partial charge in [-0.25, -0.2) is 4.79 Å². The predicted octanol–water partition coefficient (Wildman–Crippen LogP) is 2.09. The number of hydrogen-bond donors (Lipinski definition) is 1. The van der Waals surface area contributed by atoms with Crippen molar-refractivity contribution in [2.24, 2.45) is 0 Å². The van der Waals surface area contributed by atoms with Gasteiger partial charge in [0, 0.05) is 12.6 Å². The Kier molecular flexibility index (Phi) is 6.70. The van der Waals surface area contributed by atoms with Crippen LogP contribution >= 0.6 is 0 Å². The second-order valence-corrected chi connectivity index (χ2v) is 5.35. The van der Waals surface area contributed by atoms with Crippen molar-refractivity contribution in [2.45, 2.75) is 6.54 Å². The molecule has 0 unspecified atom stereocenters. The lowest BCUT2D eigenvalue weighted by atomic mass is 10.2. The van der Waals surface area contributed by atoms with Gasteiger partial charge in [0.05, 0.1) is 24.7 Å². The monoisotopic (exact) mass is 374 g/mol. The second-order valence-electron chi connectivity index (χ2n) is 5.35. The fourth-order valence-corrected chi connectivity index (χ4v) is 2.20. The normalized spacial score (nSPS) is 10.0. The molecule has 0 aromatic heterocycles. The zero-order valence-electron chi connectivity index (χ0n) is 14.8. The fourth-order valence-electron chi connectivity index (χ4n) is 2.20. The first kappa shape index (κ1) is 19.7. The van der Waals surface area contributed by atoms with Gasteiger partial charge < -0.3 is 19.5 Å². The zero-order valence-corrected chi connectivity index (χ0v) is 14.8. The van der Waals surface area contributed by atoms with Crippen LogP contribution in [0.3, 0.4) is 0 Å². The third kappa shape index (κ3) is 5.43. The van der Waals surface area contributed by atoms with Gasteiger partial charge >= 0.3 is 11.7 Å². The molecule has 0 saturated heterocycles. The Bertz CT molecular complexity index is 851. The molecular formula is C18H18N2O7. The van der Waals surface area contributed by atoms with Crippen molar-refractivity contribution < 1.29 is 28.7 Å². The number of esters is 1. The highest BCUT2D eigenvalue weighted by molar-refractivity contribution is 5.90. The molecule has 27 heavy (non-hydrogen) atoms. The molecule has 0 radical (unpaired) electrons. The standard InChI is InChI=1S/C18H18N2O7/c1-25-14-5-3-4-12(8-14)10-19-17(21)11-27-16-7-6-13(18(22)26-2)9-15(16)20(23)24/h3-9H,10-11H2,1-2H3,(H,19,21). The molecule has 2 rings (SSSR count). The van der Waals surface area contributed by atoms with Crippen LogP contribution in [-0.2, 0) is 16.1 Å². The second kappa shape index (κ2) is 9.18. The number of nitro groups is 1. The van der Waals surface area contributed by atoms with Crippen LogP contribution in [0.25, 0.3) is 0 Å². The number of nitrogens with zero attached hydrogens (tertiary/aromatic N) is 1. The van der Waals surface area contributed by atoms with Crippen molar-refractivity contribution in [3.63, 3.8) is 0 Å². The van der Waals surface area contributed by atoms with Crippen LogP contribution in [0.1, 0.15) is 15.9 Å². The highest BCUT2D eigenvalue weighted by Gasteiger charge is 2.20. The topological polar surface area (TPSA) is 117 Å². The lowest BCUT2D eigenvalue weighted by Crippen LogP contribution is -2.28. The molecule has 9 nitrogen and oxygen atoms in total. The highest BCUT2D eigenvalue weighted by atomic mass is 16.6. The molecule has 0 saturated carbocycles. The number of carbonyl (C=O) groups is 2. The van der Waals surface area contributed by atoms with Crippen molar-refractivity contribution in [2.75, 3.05) is 20.8 Å². The number of amides is 1. The van der Waals surface area contributed by atoms with Gasteiger partial charge in [-0.1, -0.05) is 12.1 Å². The average Bonchev–Trinajstić information content (AvgIpc) is 2.69. The van der Waals surface area contributed by atoms with Crippen LogP contribution in [0.4, 0.5) is 5.69 Å². The number of methoxy groups -OCH3 is 2. The van der Waals surface area contributed by atoms with Gasteiger partial charge in [-0.05, 0) is 29.8 Å². The minimum atomic E-state index is -0.708. The van der Waals surface area contributed by atoms with E-state index in [0.717, 1.165) is 11.6 Å². The molecule has 142 valence electrons. The maximum Gasteiger partial charge on any atom is 0.338 e. The molecule has 1 amide bonds. The summed E-state index contributed by atoms with van der Waals surface area (Å²) in [6.45, 7) is -0.162. The van der Waals surface area contributed by atoms with E-state index < -0.39 is 29.1 Å². The van der Waals surface area contributed by atoms with Crippen LogP contribution in [-0.4, -0.2) is 37.6 Å². The molecule has 2 aromatic carbocycles. The fraction of sp³-hybridized carbons (Fsp3) is 0.222. The third-order valence-electron chi connectivity index (χ3n) is 3.56. The molecule has 0 heterocycles. The van der Waals surface area contributed by atoms with E-state index in [0.29, 0.717) is 5.75 Å². The smallest absolute Gasteiger partial charge is 0.338 e. The molecule has 1 N–H and O–H groups in total. The van der Waals surface area contributed by atoms with Crippen molar-refractivity contribution in [1.29, 1.82) is 0 Å². The minimum absolute atomic E-state index is 0.0130. The molecule has 0 aliphatic rings. The molecule has 0 spiro atoms. The average molecular weight is 374 g/mol. The van der Waals surface area contributed by atoms with Gasteiger partial charge in [-0.3, -0.25) is 14.9 Å². The first-order valence-corrected chi connectivity index (χ1v) is 7.83. The molecule has 0 aliphatic heterocycles. The lowest BCUT2D eigenvalue weighted by Gasteiger charge is -2.09. The van der Waals surface area contributed by atoms with Crippen LogP contribution in [0.2, 0.25) is 0 Å². The first-order valence-electron chi connectivity index (χ1n) is 7.83. The van der Waals surface area contributed by atoms with Crippen LogP contribution in [0.15, 0.2) is 42.5 Å². The number of nitrogens with one attached hydrogen (secondary N) is 1. The van der Waals surface area contributed by atoms with Crippen LogP contribution < -0.4 is 14.8 Å². The summed E-state index contributed by atoms with van der Waals surface area (Å²) < 4.78 is 14.9. The van der Waals surface area contributed by atoms with E-state index >= 15 is 0 Å². The van der Waals surface area contributed by atoms with Crippen molar-refractivity contribution in [3.05, 3.63) is 63.7 Å². The van der Waals surface area contributed by atoms with Gasteiger partial charge in [0.2, 0.25) is 0 Å². The Morgan fingerprint density at radius 1 is 1.15 bits per heavy atom. The number of rotatable bonds is 8. The van der Waals surface area contributed by atoms with E-state index in [1.807, 2.05) is 6.07 Å². The van der Waals surface area contributed by atoms with E-state index in [1.165, 1.54) is 19.2 Å². The third-order valence-corrected chi connectivity index (χ3v) is 3.56. The molecule has 2 aromatic rings. The summed E-state index contributed by atoms with van der Waals surface area (Å²) in [6.07, 6.45) is 0. The molecular weight excluding hydrogens is 356 g/mol. The Labute approximate surface area is 155 Å². The first-order chi connectivity index (χ1) is 12.9. The van der Waals surface area contributed by atoms with Crippen molar-refractivity contribution in [1.82, 2.24) is 5.32 Å².